The van der Waals surface area contributed by atoms with Crippen molar-refractivity contribution >= 4 is 0 Å². The summed E-state index contributed by atoms with van der Waals surface area (Å²) in [5.41, 5.74) is 0. The lowest BCUT2D eigenvalue weighted by Gasteiger charge is -2.43. The minimum Gasteiger partial charge on any atom is -0.300 e. The molecule has 1 aliphatic heterocycles. The van der Waals surface area contributed by atoms with E-state index in [4.69, 9.17) is 0 Å². The first kappa shape index (κ1) is 8.55. The molecular weight excluding hydrogens is 146 g/mol. The average Bonchev–Trinajstić information content (AvgIpc) is 2.17. The number of rotatable bonds is 1. The van der Waals surface area contributed by atoms with Gasteiger partial charge in [0.25, 0.3) is 0 Å². The van der Waals surface area contributed by atoms with E-state index in [1.165, 1.54) is 51.6 Å². The van der Waals surface area contributed by atoms with Gasteiger partial charge in [-0.25, -0.2) is 0 Å². The van der Waals surface area contributed by atoms with Crippen molar-refractivity contribution in [1.82, 2.24) is 4.90 Å². The predicted molar refractivity (Wildman–Crippen MR) is 52.2 cm³/mol. The highest BCUT2D eigenvalue weighted by Gasteiger charge is 2.31. The minimum absolute atomic E-state index is 0.970. The maximum atomic E-state index is 2.72. The Kier molecular flexibility index (Phi) is 2.69. The summed E-state index contributed by atoms with van der Waals surface area (Å²) in [7, 11) is 0. The van der Waals surface area contributed by atoms with Crippen LogP contribution in [0.3, 0.4) is 0 Å². The standard InChI is InChI=1S/C11H21N/c1-2-12-9-5-7-10-6-3-4-8-11(10)12/h10-11H,2-9H2,1H3/t10-,11+/m0/s1. The Balaban J connectivity index is 1.99. The van der Waals surface area contributed by atoms with Crippen LogP contribution < -0.4 is 0 Å². The van der Waals surface area contributed by atoms with E-state index in [0.717, 1.165) is 12.0 Å². The Morgan fingerprint density at radius 3 is 2.67 bits per heavy atom. The van der Waals surface area contributed by atoms with Gasteiger partial charge in [-0.15, -0.1) is 0 Å². The molecule has 12 heavy (non-hydrogen) atoms. The van der Waals surface area contributed by atoms with Crippen molar-refractivity contribution in [2.75, 3.05) is 13.1 Å². The van der Waals surface area contributed by atoms with Crippen LogP contribution in [0, 0.1) is 5.92 Å². The second-order valence-electron chi connectivity index (χ2n) is 4.38. The summed E-state index contributed by atoms with van der Waals surface area (Å²) in [4.78, 5) is 2.72. The van der Waals surface area contributed by atoms with Crippen LogP contribution in [0.2, 0.25) is 0 Å². The van der Waals surface area contributed by atoms with Gasteiger partial charge in [-0.1, -0.05) is 19.8 Å². The molecule has 0 aromatic rings. The van der Waals surface area contributed by atoms with E-state index in [2.05, 4.69) is 11.8 Å². The number of piperidine rings is 1. The van der Waals surface area contributed by atoms with E-state index in [-0.39, 0.29) is 0 Å². The molecule has 0 bridgehead atoms. The lowest BCUT2D eigenvalue weighted by Crippen LogP contribution is -2.46. The molecule has 2 rings (SSSR count). The number of hydrogen-bond acceptors (Lipinski definition) is 1. The van der Waals surface area contributed by atoms with Gasteiger partial charge in [0.15, 0.2) is 0 Å². The molecule has 0 radical (unpaired) electrons. The molecule has 1 aliphatic carbocycles. The maximum Gasteiger partial charge on any atom is 0.0123 e. The molecule has 1 heteroatoms. The Bertz CT molecular complexity index is 135. The minimum atomic E-state index is 0.970. The van der Waals surface area contributed by atoms with Crippen LogP contribution >= 0.6 is 0 Å². The number of likely N-dealkylation sites (tertiary alicyclic amines) is 1. The monoisotopic (exact) mass is 167 g/mol. The number of hydrogen-bond donors (Lipinski definition) is 0. The van der Waals surface area contributed by atoms with Crippen molar-refractivity contribution in [3.8, 4) is 0 Å². The Labute approximate surface area is 76.1 Å². The van der Waals surface area contributed by atoms with Crippen molar-refractivity contribution in [2.45, 2.75) is 51.5 Å². The van der Waals surface area contributed by atoms with Crippen molar-refractivity contribution < 1.29 is 0 Å². The molecule has 1 saturated heterocycles. The zero-order valence-electron chi connectivity index (χ0n) is 8.26. The third kappa shape index (κ3) is 1.52. The molecule has 1 saturated carbocycles. The Hall–Kier alpha value is -0.0400. The first-order valence-corrected chi connectivity index (χ1v) is 5.66. The highest BCUT2D eigenvalue weighted by molar-refractivity contribution is 4.86. The fourth-order valence-electron chi connectivity index (χ4n) is 3.12. The molecule has 2 fully saturated rings. The van der Waals surface area contributed by atoms with Crippen LogP contribution in [0.1, 0.15) is 45.4 Å². The van der Waals surface area contributed by atoms with Gasteiger partial charge in [-0.2, -0.15) is 0 Å². The van der Waals surface area contributed by atoms with E-state index in [1.54, 1.807) is 0 Å². The van der Waals surface area contributed by atoms with E-state index < -0.39 is 0 Å². The first-order chi connectivity index (χ1) is 5.92. The summed E-state index contributed by atoms with van der Waals surface area (Å²) >= 11 is 0. The molecule has 70 valence electrons. The van der Waals surface area contributed by atoms with Crippen LogP contribution in [0.4, 0.5) is 0 Å². The van der Waals surface area contributed by atoms with Gasteiger partial charge >= 0.3 is 0 Å². The molecule has 0 amide bonds. The highest BCUT2D eigenvalue weighted by Crippen LogP contribution is 2.34. The number of fused-ring (bicyclic) bond motifs is 1. The topological polar surface area (TPSA) is 3.24 Å². The second-order valence-corrected chi connectivity index (χ2v) is 4.38. The van der Waals surface area contributed by atoms with Crippen LogP contribution in [-0.2, 0) is 0 Å². The molecule has 0 aromatic heterocycles. The van der Waals surface area contributed by atoms with E-state index >= 15 is 0 Å². The predicted octanol–water partition coefficient (Wildman–Crippen LogP) is 2.66. The second kappa shape index (κ2) is 3.78. The summed E-state index contributed by atoms with van der Waals surface area (Å²) in [6.45, 7) is 4.97. The third-order valence-corrected chi connectivity index (χ3v) is 3.76. The Morgan fingerprint density at radius 2 is 1.83 bits per heavy atom. The fourth-order valence-corrected chi connectivity index (χ4v) is 3.12. The Morgan fingerprint density at radius 1 is 1.08 bits per heavy atom. The SMILES string of the molecule is CCN1CCC[C@@H]2CCCC[C@H]21. The van der Waals surface area contributed by atoms with Crippen LogP contribution in [0.5, 0.6) is 0 Å². The molecule has 0 N–H and O–H groups in total. The van der Waals surface area contributed by atoms with Crippen molar-refractivity contribution in [2.24, 2.45) is 5.92 Å². The molecule has 0 aromatic carbocycles. The molecule has 2 atom stereocenters. The van der Waals surface area contributed by atoms with Gasteiger partial charge in [0.1, 0.15) is 0 Å². The van der Waals surface area contributed by atoms with E-state index in [1.807, 2.05) is 0 Å². The fraction of sp³-hybridized carbons (Fsp3) is 1.00. The van der Waals surface area contributed by atoms with Gasteiger partial charge in [0.05, 0.1) is 0 Å². The summed E-state index contributed by atoms with van der Waals surface area (Å²) < 4.78 is 0. The highest BCUT2D eigenvalue weighted by atomic mass is 15.2. The molecule has 0 spiro atoms. The molecular formula is C11H21N. The number of nitrogens with zero attached hydrogens (tertiary/aromatic N) is 1. The largest absolute Gasteiger partial charge is 0.300 e. The van der Waals surface area contributed by atoms with E-state index in [0.29, 0.717) is 0 Å². The lowest BCUT2D eigenvalue weighted by molar-refractivity contribution is 0.0657. The molecule has 0 unspecified atom stereocenters. The van der Waals surface area contributed by atoms with Crippen LogP contribution in [0.15, 0.2) is 0 Å². The first-order valence-electron chi connectivity index (χ1n) is 5.66. The smallest absolute Gasteiger partial charge is 0.0123 e. The van der Waals surface area contributed by atoms with Gasteiger partial charge < -0.3 is 4.90 Å². The van der Waals surface area contributed by atoms with Gasteiger partial charge in [-0.05, 0) is 44.7 Å². The normalized spacial score (nSPS) is 37.8. The third-order valence-electron chi connectivity index (χ3n) is 3.76. The summed E-state index contributed by atoms with van der Waals surface area (Å²) in [5.74, 6) is 1.06. The zero-order valence-corrected chi connectivity index (χ0v) is 8.26. The zero-order chi connectivity index (χ0) is 8.39. The molecule has 1 nitrogen and oxygen atoms in total. The molecule has 1 heterocycles. The van der Waals surface area contributed by atoms with Crippen LogP contribution in [-0.4, -0.2) is 24.0 Å². The summed E-state index contributed by atoms with van der Waals surface area (Å²) in [5, 5.41) is 0. The summed E-state index contributed by atoms with van der Waals surface area (Å²) in [6, 6.07) is 0.970. The van der Waals surface area contributed by atoms with Crippen molar-refractivity contribution in [3.05, 3.63) is 0 Å². The van der Waals surface area contributed by atoms with Crippen molar-refractivity contribution in [1.29, 1.82) is 0 Å². The van der Waals surface area contributed by atoms with Crippen molar-refractivity contribution in [3.63, 3.8) is 0 Å². The van der Waals surface area contributed by atoms with Gasteiger partial charge in [0, 0.05) is 6.04 Å². The van der Waals surface area contributed by atoms with Crippen LogP contribution in [0.25, 0.3) is 0 Å². The lowest BCUT2D eigenvalue weighted by atomic mass is 9.78. The quantitative estimate of drug-likeness (QED) is 0.580. The maximum absolute atomic E-state index is 2.72. The molecule has 2 aliphatic rings. The summed E-state index contributed by atoms with van der Waals surface area (Å²) in [6.07, 6.45) is 8.95. The average molecular weight is 167 g/mol. The van der Waals surface area contributed by atoms with Gasteiger partial charge in [0.2, 0.25) is 0 Å². The van der Waals surface area contributed by atoms with Gasteiger partial charge in [-0.3, -0.25) is 0 Å². The van der Waals surface area contributed by atoms with E-state index in [9.17, 15) is 0 Å².